The van der Waals surface area contributed by atoms with Crippen molar-refractivity contribution in [3.8, 4) is 0 Å². The highest BCUT2D eigenvalue weighted by Gasteiger charge is 2.33. The van der Waals surface area contributed by atoms with Crippen molar-refractivity contribution in [2.24, 2.45) is 7.05 Å². The van der Waals surface area contributed by atoms with Gasteiger partial charge in [0.15, 0.2) is 0 Å². The largest absolute Gasteiger partial charge is 0.373 e. The van der Waals surface area contributed by atoms with Gasteiger partial charge in [-0.15, -0.1) is 0 Å². The quantitative estimate of drug-likeness (QED) is 0.918. The Bertz CT molecular complexity index is 485. The van der Waals surface area contributed by atoms with Crippen molar-refractivity contribution in [1.82, 2.24) is 14.8 Å². The van der Waals surface area contributed by atoms with E-state index < -0.39 is 0 Å². The zero-order valence-corrected chi connectivity index (χ0v) is 13.7. The number of morpholine rings is 1. The number of hydrogen-bond acceptors (Lipinski definition) is 3. The highest BCUT2D eigenvalue weighted by atomic mass is 16.5. The number of carbonyl (C=O) groups excluding carboxylic acids is 1. The van der Waals surface area contributed by atoms with Crippen molar-refractivity contribution in [2.75, 3.05) is 19.6 Å². The number of amides is 1. The zero-order chi connectivity index (χ0) is 15.6. The molecule has 118 valence electrons. The van der Waals surface area contributed by atoms with E-state index in [2.05, 4.69) is 37.9 Å². The van der Waals surface area contributed by atoms with Crippen LogP contribution >= 0.6 is 0 Å². The fraction of sp³-hybridized carbons (Fsp3) is 0.688. The van der Waals surface area contributed by atoms with Gasteiger partial charge < -0.3 is 14.6 Å². The van der Waals surface area contributed by atoms with E-state index in [0.29, 0.717) is 12.2 Å². The summed E-state index contributed by atoms with van der Waals surface area (Å²) in [6.07, 6.45) is 2.35. The van der Waals surface area contributed by atoms with Gasteiger partial charge in [-0.05, 0) is 39.8 Å². The Morgan fingerprint density at radius 2 is 2.00 bits per heavy atom. The lowest BCUT2D eigenvalue weighted by atomic mass is 10.00. The maximum Gasteiger partial charge on any atom is 0.267 e. The molecule has 0 spiro atoms. The highest BCUT2D eigenvalue weighted by Crippen LogP contribution is 2.20. The molecule has 2 heterocycles. The van der Waals surface area contributed by atoms with Crippen molar-refractivity contribution in [1.29, 1.82) is 0 Å². The number of carbonyl (C=O) groups is 1. The summed E-state index contributed by atoms with van der Waals surface area (Å²) in [6, 6.07) is 3.71. The van der Waals surface area contributed by atoms with Crippen LogP contribution in [0.5, 0.6) is 0 Å². The molecule has 1 fully saturated rings. The van der Waals surface area contributed by atoms with Crippen LogP contribution in [-0.4, -0.2) is 52.8 Å². The molecule has 1 saturated heterocycles. The number of hydrogen-bond donors (Lipinski definition) is 1. The van der Waals surface area contributed by atoms with Crippen LogP contribution in [0, 0.1) is 0 Å². The molecule has 0 aromatic carbocycles. The van der Waals surface area contributed by atoms with Crippen LogP contribution < -0.4 is 5.32 Å². The normalized spacial score (nSPS) is 24.0. The summed E-state index contributed by atoms with van der Waals surface area (Å²) in [5.41, 5.74) is 0.599. The number of rotatable bonds is 4. The monoisotopic (exact) mass is 293 g/mol. The molecule has 5 heteroatoms. The second kappa shape index (κ2) is 6.20. The van der Waals surface area contributed by atoms with Gasteiger partial charge in [0.25, 0.3) is 5.91 Å². The van der Waals surface area contributed by atoms with Gasteiger partial charge in [0.05, 0.1) is 12.2 Å². The molecule has 1 amide bonds. The third-order valence-corrected chi connectivity index (χ3v) is 4.13. The third-order valence-electron chi connectivity index (χ3n) is 4.13. The molecule has 0 radical (unpaired) electrons. The van der Waals surface area contributed by atoms with E-state index in [0.717, 1.165) is 13.1 Å². The lowest BCUT2D eigenvalue weighted by molar-refractivity contribution is -0.0948. The van der Waals surface area contributed by atoms with Crippen molar-refractivity contribution in [3.63, 3.8) is 0 Å². The van der Waals surface area contributed by atoms with Gasteiger partial charge >= 0.3 is 0 Å². The molecule has 0 saturated carbocycles. The molecule has 0 bridgehead atoms. The standard InChI is InChI=1S/C16H27N3O2/c1-12-9-19(10-13(2)21-12)16(3,4)11-17-15(20)14-7-6-8-18(14)5/h6-8,12-13H,9-11H2,1-5H3,(H,17,20). The number of nitrogens with one attached hydrogen (secondary N) is 1. The molecule has 2 unspecified atom stereocenters. The summed E-state index contributed by atoms with van der Waals surface area (Å²) in [5, 5.41) is 3.05. The minimum atomic E-state index is -0.0902. The third kappa shape index (κ3) is 3.86. The summed E-state index contributed by atoms with van der Waals surface area (Å²) < 4.78 is 7.61. The Morgan fingerprint density at radius 1 is 1.38 bits per heavy atom. The number of aryl methyl sites for hydroxylation is 1. The molecule has 5 nitrogen and oxygen atoms in total. The smallest absolute Gasteiger partial charge is 0.267 e. The van der Waals surface area contributed by atoms with Crippen LogP contribution in [0.1, 0.15) is 38.2 Å². The second-order valence-electron chi connectivity index (χ2n) is 6.66. The average Bonchev–Trinajstić information content (AvgIpc) is 2.81. The Hall–Kier alpha value is -1.33. The molecular weight excluding hydrogens is 266 g/mol. The van der Waals surface area contributed by atoms with Crippen LogP contribution in [0.4, 0.5) is 0 Å². The van der Waals surface area contributed by atoms with E-state index in [-0.39, 0.29) is 23.7 Å². The maximum atomic E-state index is 12.2. The summed E-state index contributed by atoms with van der Waals surface area (Å²) >= 11 is 0. The lowest BCUT2D eigenvalue weighted by Crippen LogP contribution is -2.58. The molecule has 1 aromatic heterocycles. The number of ether oxygens (including phenoxy) is 1. The van der Waals surface area contributed by atoms with Crippen molar-refractivity contribution in [2.45, 2.75) is 45.4 Å². The molecule has 1 N–H and O–H groups in total. The van der Waals surface area contributed by atoms with Crippen molar-refractivity contribution in [3.05, 3.63) is 24.0 Å². The molecule has 1 aliphatic rings. The Balaban J connectivity index is 1.94. The van der Waals surface area contributed by atoms with Gasteiger partial charge in [0.1, 0.15) is 5.69 Å². The first-order valence-electron chi connectivity index (χ1n) is 7.59. The van der Waals surface area contributed by atoms with E-state index in [4.69, 9.17) is 4.74 Å². The summed E-state index contributed by atoms with van der Waals surface area (Å²) in [5.74, 6) is -0.0232. The SMILES string of the molecule is CC1CN(C(C)(C)CNC(=O)c2cccn2C)CC(C)O1. The predicted octanol–water partition coefficient (Wildman–Crippen LogP) is 1.64. The van der Waals surface area contributed by atoms with Crippen LogP contribution in [0.25, 0.3) is 0 Å². The van der Waals surface area contributed by atoms with E-state index in [1.807, 2.05) is 29.9 Å². The average molecular weight is 293 g/mol. The van der Waals surface area contributed by atoms with Gasteiger partial charge in [0, 0.05) is 38.4 Å². The maximum absolute atomic E-state index is 12.2. The van der Waals surface area contributed by atoms with Crippen LogP contribution in [0.3, 0.4) is 0 Å². The topological polar surface area (TPSA) is 46.5 Å². The van der Waals surface area contributed by atoms with Gasteiger partial charge in [-0.1, -0.05) is 0 Å². The molecular formula is C16H27N3O2. The van der Waals surface area contributed by atoms with Crippen LogP contribution in [-0.2, 0) is 11.8 Å². The minimum absolute atomic E-state index is 0.0232. The summed E-state index contributed by atoms with van der Waals surface area (Å²) in [6.45, 7) is 11.0. The second-order valence-corrected chi connectivity index (χ2v) is 6.66. The Morgan fingerprint density at radius 3 is 2.52 bits per heavy atom. The summed E-state index contributed by atoms with van der Waals surface area (Å²) in [7, 11) is 1.88. The first kappa shape index (κ1) is 16.0. The minimum Gasteiger partial charge on any atom is -0.373 e. The molecule has 2 atom stereocenters. The van der Waals surface area contributed by atoms with Crippen molar-refractivity contribution >= 4 is 5.91 Å². The van der Waals surface area contributed by atoms with Gasteiger partial charge in [-0.2, -0.15) is 0 Å². The lowest BCUT2D eigenvalue weighted by Gasteiger charge is -2.45. The molecule has 1 aromatic rings. The fourth-order valence-corrected chi connectivity index (χ4v) is 2.87. The highest BCUT2D eigenvalue weighted by molar-refractivity contribution is 5.92. The van der Waals surface area contributed by atoms with E-state index >= 15 is 0 Å². The molecule has 0 aliphatic carbocycles. The molecule has 1 aliphatic heterocycles. The number of aromatic nitrogens is 1. The Labute approximate surface area is 127 Å². The van der Waals surface area contributed by atoms with Crippen LogP contribution in [0.15, 0.2) is 18.3 Å². The van der Waals surface area contributed by atoms with Crippen LogP contribution in [0.2, 0.25) is 0 Å². The molecule has 21 heavy (non-hydrogen) atoms. The first-order chi connectivity index (χ1) is 9.79. The van der Waals surface area contributed by atoms with E-state index in [9.17, 15) is 4.79 Å². The fourth-order valence-electron chi connectivity index (χ4n) is 2.87. The zero-order valence-electron chi connectivity index (χ0n) is 13.7. The summed E-state index contributed by atoms with van der Waals surface area (Å²) in [4.78, 5) is 14.6. The van der Waals surface area contributed by atoms with E-state index in [1.165, 1.54) is 0 Å². The van der Waals surface area contributed by atoms with Crippen molar-refractivity contribution < 1.29 is 9.53 Å². The number of nitrogens with zero attached hydrogens (tertiary/aromatic N) is 2. The Kier molecular flexibility index (Phi) is 4.74. The predicted molar refractivity (Wildman–Crippen MR) is 83.4 cm³/mol. The first-order valence-corrected chi connectivity index (χ1v) is 7.59. The van der Waals surface area contributed by atoms with E-state index in [1.54, 1.807) is 0 Å². The van der Waals surface area contributed by atoms with Gasteiger partial charge in [-0.3, -0.25) is 9.69 Å². The van der Waals surface area contributed by atoms with Gasteiger partial charge in [-0.25, -0.2) is 0 Å². The van der Waals surface area contributed by atoms with Gasteiger partial charge in [0.2, 0.25) is 0 Å². The molecule has 2 rings (SSSR count).